The van der Waals surface area contributed by atoms with Crippen molar-refractivity contribution in [1.29, 1.82) is 0 Å². The number of ketones is 1. The molecule has 0 unspecified atom stereocenters. The molecule has 2 aliphatic carbocycles. The Kier molecular flexibility index (Phi) is 7.65. The fraction of sp³-hybridized carbons (Fsp3) is 0.167. The number of aromatic hydroxyl groups is 1. The van der Waals surface area contributed by atoms with E-state index in [1.54, 1.807) is 0 Å². The Morgan fingerprint density at radius 3 is 1.82 bits per heavy atom. The molecule has 0 spiro atoms. The van der Waals surface area contributed by atoms with Gasteiger partial charge in [0.15, 0.2) is 0 Å². The Bertz CT molecular complexity index is 1390. The van der Waals surface area contributed by atoms with E-state index in [0.29, 0.717) is 0 Å². The second-order valence-corrected chi connectivity index (χ2v) is 8.12. The number of anilines is 1. The van der Waals surface area contributed by atoms with Crippen LogP contribution in [0.3, 0.4) is 0 Å². The fourth-order valence-electron chi connectivity index (χ4n) is 3.89. The van der Waals surface area contributed by atoms with Crippen molar-refractivity contribution >= 4 is 46.6 Å². The number of benzene rings is 1. The van der Waals surface area contributed by atoms with Crippen LogP contribution in [0.4, 0.5) is 5.69 Å². The van der Waals surface area contributed by atoms with Crippen LogP contribution in [-0.2, 0) is 24.0 Å². The molecule has 0 radical (unpaired) electrons. The highest BCUT2D eigenvalue weighted by Crippen LogP contribution is 2.43. The van der Waals surface area contributed by atoms with E-state index < -0.39 is 73.1 Å². The minimum atomic E-state index is -1.32. The van der Waals surface area contributed by atoms with Crippen molar-refractivity contribution in [1.82, 2.24) is 0 Å². The highest BCUT2D eigenvalue weighted by Gasteiger charge is 2.39. The third-order valence-corrected chi connectivity index (χ3v) is 5.46. The molecule has 14 heteroatoms. The molecular weight excluding hydrogens is 508 g/mol. The number of hydrogen-bond acceptors (Lipinski definition) is 9. The van der Waals surface area contributed by atoms with Crippen LogP contribution in [0.2, 0.25) is 0 Å². The summed E-state index contributed by atoms with van der Waals surface area (Å²) in [4.78, 5) is 58.1. The lowest BCUT2D eigenvalue weighted by atomic mass is 9.79. The molecule has 0 amide bonds. The monoisotopic (exact) mass is 529 g/mol. The molecule has 198 valence electrons. The summed E-state index contributed by atoms with van der Waals surface area (Å²) in [6.07, 6.45) is 3.50. The number of Topliss-reactive ketones (excluding diaryl/α,β-unsaturated/α-hetero) is 1. The van der Waals surface area contributed by atoms with Crippen LogP contribution in [0.15, 0.2) is 59.1 Å². The highest BCUT2D eigenvalue weighted by atomic mass is 16.4. The molecule has 14 nitrogen and oxygen atoms in total. The van der Waals surface area contributed by atoms with E-state index in [2.05, 4.69) is 0 Å². The Morgan fingerprint density at radius 2 is 1.37 bits per heavy atom. The summed E-state index contributed by atoms with van der Waals surface area (Å²) < 4.78 is 0.958. The van der Waals surface area contributed by atoms with Gasteiger partial charge in [-0.05, 0) is 18.2 Å². The first-order chi connectivity index (χ1) is 17.8. The first-order valence-electron chi connectivity index (χ1n) is 10.7. The molecule has 3 rings (SSSR count). The van der Waals surface area contributed by atoms with Crippen molar-refractivity contribution in [2.75, 3.05) is 31.1 Å². The summed E-state index contributed by atoms with van der Waals surface area (Å²) in [6, 6.07) is 3.50. The van der Waals surface area contributed by atoms with Crippen LogP contribution in [0.25, 0.3) is 5.57 Å². The Hall–Kier alpha value is -5.40. The first kappa shape index (κ1) is 27.2. The molecule has 0 atom stereocenters. The number of aliphatic hydroxyl groups is 2. The number of phenols is 1. The molecular formula is C24H21N2O12+. The van der Waals surface area contributed by atoms with Crippen LogP contribution < -0.4 is 4.90 Å². The molecule has 0 bridgehead atoms. The number of carbonyl (C=O) groups is 5. The molecule has 7 N–H and O–H groups in total. The minimum Gasteiger partial charge on any atom is -0.507 e. The van der Waals surface area contributed by atoms with Gasteiger partial charge in [-0.2, -0.15) is 0 Å². The van der Waals surface area contributed by atoms with Crippen molar-refractivity contribution in [2.45, 2.75) is 0 Å². The fourth-order valence-corrected chi connectivity index (χ4v) is 3.89. The molecule has 0 saturated heterocycles. The maximum absolute atomic E-state index is 12.9. The Balaban J connectivity index is 1.98. The molecule has 0 saturated carbocycles. The number of carboxylic acid groups (broad SMARTS) is 4. The molecule has 2 aliphatic rings. The van der Waals surface area contributed by atoms with Crippen LogP contribution in [0, 0.1) is 0 Å². The maximum atomic E-state index is 12.9. The average molecular weight is 529 g/mol. The standard InChI is InChI=1S/C24H20N2O12/c27-15-5-11(25(7-17(29)30)8-18(31)32)1-3-13(15)21-23(37)22(24(21)38)14-4-2-12(6-16(14)28)26(9-19(33)34)10-20(35)36/h1-6H,7-10H2,(H6,27,28,29,30,31,32,33,34,35,36,37,38)/p+1. The number of carbonyl (C=O) groups excluding carboxylic acids is 1. The Morgan fingerprint density at radius 1 is 0.789 bits per heavy atom. The van der Waals surface area contributed by atoms with Gasteiger partial charge >= 0.3 is 23.9 Å². The predicted molar refractivity (Wildman–Crippen MR) is 127 cm³/mol. The zero-order valence-corrected chi connectivity index (χ0v) is 19.4. The lowest BCUT2D eigenvalue weighted by molar-refractivity contribution is -0.507. The summed E-state index contributed by atoms with van der Waals surface area (Å²) in [5.41, 5.74) is -0.810. The van der Waals surface area contributed by atoms with E-state index in [4.69, 9.17) is 20.4 Å². The maximum Gasteiger partial charge on any atom is 0.369 e. The molecule has 1 aromatic rings. The van der Waals surface area contributed by atoms with Gasteiger partial charge in [0.1, 0.15) is 30.4 Å². The molecule has 38 heavy (non-hydrogen) atoms. The third kappa shape index (κ3) is 5.70. The quantitative estimate of drug-likeness (QED) is 0.158. The second-order valence-electron chi connectivity index (χ2n) is 8.12. The number of rotatable bonds is 10. The van der Waals surface area contributed by atoms with Crippen molar-refractivity contribution in [2.24, 2.45) is 0 Å². The molecule has 1 aromatic carbocycles. The van der Waals surface area contributed by atoms with Gasteiger partial charge in [-0.25, -0.2) is 14.2 Å². The van der Waals surface area contributed by atoms with Crippen molar-refractivity contribution in [3.63, 3.8) is 0 Å². The molecule has 0 aliphatic heterocycles. The van der Waals surface area contributed by atoms with Crippen LogP contribution >= 0.6 is 0 Å². The van der Waals surface area contributed by atoms with Gasteiger partial charge in [0.25, 0.3) is 0 Å². The summed E-state index contributed by atoms with van der Waals surface area (Å²) in [7, 11) is 0. The van der Waals surface area contributed by atoms with Crippen LogP contribution in [0.5, 0.6) is 5.75 Å². The highest BCUT2D eigenvalue weighted by molar-refractivity contribution is 6.40. The lowest BCUT2D eigenvalue weighted by Crippen LogP contribution is -2.34. The number of phenolic OH excluding ortho intramolecular Hbond substituents is 1. The zero-order chi connectivity index (χ0) is 28.3. The molecule has 0 heterocycles. The topological polar surface area (TPSA) is 233 Å². The SMILES string of the molecule is O=C(O)CN(CC(=O)O)c1ccc(C2=C(O)C(=C3C=CC(=[N+](CC(=O)O)CC(=O)O)C=C3O)C2=O)c(O)c1. The summed E-state index contributed by atoms with van der Waals surface area (Å²) in [5.74, 6) is -7.71. The van der Waals surface area contributed by atoms with Crippen LogP contribution in [0.1, 0.15) is 5.56 Å². The minimum absolute atomic E-state index is 0.0348. The van der Waals surface area contributed by atoms with E-state index in [9.17, 15) is 39.3 Å². The number of aliphatic carboxylic acids is 4. The smallest absolute Gasteiger partial charge is 0.369 e. The van der Waals surface area contributed by atoms with Crippen molar-refractivity contribution in [3.05, 3.63) is 64.7 Å². The number of nitrogens with zero attached hydrogens (tertiary/aromatic N) is 2. The Labute approximate surface area is 212 Å². The lowest BCUT2D eigenvalue weighted by Gasteiger charge is -2.26. The van der Waals surface area contributed by atoms with Gasteiger partial charge in [-0.15, -0.1) is 0 Å². The van der Waals surface area contributed by atoms with Gasteiger partial charge in [0.05, 0.1) is 17.2 Å². The molecule has 0 fully saturated rings. The number of aliphatic hydroxyl groups excluding tert-OH is 2. The van der Waals surface area contributed by atoms with E-state index in [-0.39, 0.29) is 33.7 Å². The van der Waals surface area contributed by atoms with E-state index in [1.165, 1.54) is 24.3 Å². The van der Waals surface area contributed by atoms with Crippen molar-refractivity contribution in [3.8, 4) is 5.75 Å². The first-order valence-corrected chi connectivity index (χ1v) is 10.7. The third-order valence-electron chi connectivity index (χ3n) is 5.46. The van der Waals surface area contributed by atoms with Crippen LogP contribution in [-0.4, -0.2) is 102 Å². The van der Waals surface area contributed by atoms with E-state index >= 15 is 0 Å². The van der Waals surface area contributed by atoms with Crippen molar-refractivity contribution < 1.29 is 64.3 Å². The van der Waals surface area contributed by atoms with E-state index in [1.807, 2.05) is 0 Å². The summed E-state index contributed by atoms with van der Waals surface area (Å²) in [5, 5.41) is 67.5. The van der Waals surface area contributed by atoms with Gasteiger partial charge in [-0.3, -0.25) is 14.4 Å². The van der Waals surface area contributed by atoms with E-state index in [0.717, 1.165) is 21.6 Å². The largest absolute Gasteiger partial charge is 0.507 e. The number of hydrogen-bond donors (Lipinski definition) is 7. The molecule has 0 aromatic heterocycles. The average Bonchev–Trinajstić information content (AvgIpc) is 2.79. The van der Waals surface area contributed by atoms with Gasteiger partial charge in [0, 0.05) is 29.0 Å². The predicted octanol–water partition coefficient (Wildman–Crippen LogP) is 0.151. The second kappa shape index (κ2) is 10.7. The summed E-state index contributed by atoms with van der Waals surface area (Å²) >= 11 is 0. The summed E-state index contributed by atoms with van der Waals surface area (Å²) in [6.45, 7) is -2.72. The van der Waals surface area contributed by atoms with Gasteiger partial charge in [-0.1, -0.05) is 0 Å². The van der Waals surface area contributed by atoms with Gasteiger partial charge in [0.2, 0.25) is 24.6 Å². The number of carboxylic acids is 4. The normalized spacial score (nSPS) is 16.6. The van der Waals surface area contributed by atoms with Gasteiger partial charge < -0.3 is 40.6 Å². The zero-order valence-electron chi connectivity index (χ0n) is 19.4. The number of allylic oxidation sites excluding steroid dienone is 5.